The first-order valence-corrected chi connectivity index (χ1v) is 9.38. The number of rotatable bonds is 4. The van der Waals surface area contributed by atoms with E-state index in [1.54, 1.807) is 29.5 Å². The standard InChI is InChI=1S/C19H19FN4OS/c20-14-5-1-2-6-15(14)21-18(25)13-23-9-11-24(12-10-23)19-22-16-7-3-4-8-17(16)26-19/h1-8H,9-13H2,(H,21,25). The van der Waals surface area contributed by atoms with Crippen LogP contribution >= 0.6 is 11.3 Å². The molecule has 26 heavy (non-hydrogen) atoms. The van der Waals surface area contributed by atoms with Crippen LogP contribution in [0.1, 0.15) is 0 Å². The van der Waals surface area contributed by atoms with Crippen LogP contribution in [0.25, 0.3) is 10.2 Å². The Morgan fingerprint density at radius 3 is 2.58 bits per heavy atom. The van der Waals surface area contributed by atoms with Gasteiger partial charge in [-0.3, -0.25) is 9.69 Å². The van der Waals surface area contributed by atoms with Crippen LogP contribution in [0.3, 0.4) is 0 Å². The minimum absolute atomic E-state index is 0.191. The SMILES string of the molecule is O=C(CN1CCN(c2nc3ccccc3s2)CC1)Nc1ccccc1F. The van der Waals surface area contributed by atoms with Gasteiger partial charge in [0.15, 0.2) is 5.13 Å². The summed E-state index contributed by atoms with van der Waals surface area (Å²) in [6.45, 7) is 3.48. The Morgan fingerprint density at radius 2 is 1.81 bits per heavy atom. The molecular formula is C19H19FN4OS. The number of benzene rings is 2. The van der Waals surface area contributed by atoms with Crippen molar-refractivity contribution in [2.75, 3.05) is 42.9 Å². The van der Waals surface area contributed by atoms with Gasteiger partial charge in [0.25, 0.3) is 0 Å². The highest BCUT2D eigenvalue weighted by molar-refractivity contribution is 7.22. The lowest BCUT2D eigenvalue weighted by Crippen LogP contribution is -2.48. The van der Waals surface area contributed by atoms with Crippen molar-refractivity contribution in [3.8, 4) is 0 Å². The monoisotopic (exact) mass is 370 g/mol. The summed E-state index contributed by atoms with van der Waals surface area (Å²) < 4.78 is 14.8. The predicted octanol–water partition coefficient (Wildman–Crippen LogP) is 3.20. The molecule has 0 saturated carbocycles. The summed E-state index contributed by atoms with van der Waals surface area (Å²) in [6.07, 6.45) is 0. The summed E-state index contributed by atoms with van der Waals surface area (Å²) >= 11 is 1.70. The van der Waals surface area contributed by atoms with Crippen molar-refractivity contribution in [1.29, 1.82) is 0 Å². The van der Waals surface area contributed by atoms with Crippen molar-refractivity contribution < 1.29 is 9.18 Å². The van der Waals surface area contributed by atoms with E-state index in [0.29, 0.717) is 0 Å². The number of para-hydroxylation sites is 2. The molecule has 1 aliphatic rings. The zero-order valence-corrected chi connectivity index (χ0v) is 15.0. The molecule has 1 aromatic heterocycles. The third-order valence-corrected chi connectivity index (χ3v) is 5.54. The Balaban J connectivity index is 1.32. The maximum Gasteiger partial charge on any atom is 0.238 e. The second-order valence-electron chi connectivity index (χ2n) is 6.26. The summed E-state index contributed by atoms with van der Waals surface area (Å²) in [5, 5.41) is 3.67. The number of carbonyl (C=O) groups excluding carboxylic acids is 1. The van der Waals surface area contributed by atoms with E-state index in [9.17, 15) is 9.18 Å². The first kappa shape index (κ1) is 16.9. The molecule has 0 aliphatic carbocycles. The number of anilines is 2. The number of hydrogen-bond donors (Lipinski definition) is 1. The highest BCUT2D eigenvalue weighted by atomic mass is 32.1. The molecule has 0 atom stereocenters. The molecule has 1 fully saturated rings. The van der Waals surface area contributed by atoms with Crippen molar-refractivity contribution in [1.82, 2.24) is 9.88 Å². The molecule has 2 aromatic carbocycles. The van der Waals surface area contributed by atoms with Crippen molar-refractivity contribution in [2.24, 2.45) is 0 Å². The van der Waals surface area contributed by atoms with Gasteiger partial charge in [0.05, 0.1) is 22.4 Å². The topological polar surface area (TPSA) is 48.5 Å². The molecule has 5 nitrogen and oxygen atoms in total. The van der Waals surface area contributed by atoms with Crippen LogP contribution in [0.15, 0.2) is 48.5 Å². The molecule has 0 bridgehead atoms. The Bertz CT molecular complexity index is 888. The van der Waals surface area contributed by atoms with Gasteiger partial charge in [-0.1, -0.05) is 35.6 Å². The van der Waals surface area contributed by atoms with Gasteiger partial charge in [0.2, 0.25) is 5.91 Å². The van der Waals surface area contributed by atoms with Crippen molar-refractivity contribution in [2.45, 2.75) is 0 Å². The van der Waals surface area contributed by atoms with Crippen LogP contribution in [0.5, 0.6) is 0 Å². The number of nitrogens with zero attached hydrogens (tertiary/aromatic N) is 3. The third kappa shape index (κ3) is 3.68. The lowest BCUT2D eigenvalue weighted by atomic mass is 10.3. The highest BCUT2D eigenvalue weighted by Gasteiger charge is 2.21. The van der Waals surface area contributed by atoms with Gasteiger partial charge in [0, 0.05) is 26.2 Å². The molecule has 2 heterocycles. The fourth-order valence-corrected chi connectivity index (χ4v) is 4.07. The fourth-order valence-electron chi connectivity index (χ4n) is 3.05. The highest BCUT2D eigenvalue weighted by Crippen LogP contribution is 2.29. The molecule has 1 N–H and O–H groups in total. The van der Waals surface area contributed by atoms with Crippen LogP contribution in [-0.2, 0) is 4.79 Å². The summed E-state index contributed by atoms with van der Waals surface area (Å²) in [5.41, 5.74) is 1.25. The van der Waals surface area contributed by atoms with E-state index in [1.807, 2.05) is 18.2 Å². The number of piperazine rings is 1. The normalized spacial score (nSPS) is 15.3. The smallest absolute Gasteiger partial charge is 0.238 e. The summed E-state index contributed by atoms with van der Waals surface area (Å²) in [7, 11) is 0. The van der Waals surface area contributed by atoms with E-state index in [0.717, 1.165) is 36.8 Å². The van der Waals surface area contributed by atoms with Crippen LogP contribution in [0, 0.1) is 5.82 Å². The van der Waals surface area contributed by atoms with E-state index in [4.69, 9.17) is 4.98 Å². The van der Waals surface area contributed by atoms with Crippen LogP contribution in [-0.4, -0.2) is 48.5 Å². The van der Waals surface area contributed by atoms with Gasteiger partial charge in [-0.05, 0) is 24.3 Å². The number of carbonyl (C=O) groups is 1. The van der Waals surface area contributed by atoms with E-state index < -0.39 is 5.82 Å². The number of hydrogen-bond acceptors (Lipinski definition) is 5. The molecule has 1 aliphatic heterocycles. The van der Waals surface area contributed by atoms with Gasteiger partial charge in [-0.2, -0.15) is 0 Å². The molecule has 7 heteroatoms. The van der Waals surface area contributed by atoms with Gasteiger partial charge in [-0.25, -0.2) is 9.37 Å². The predicted molar refractivity (Wildman–Crippen MR) is 103 cm³/mol. The average Bonchev–Trinajstić information content (AvgIpc) is 3.08. The van der Waals surface area contributed by atoms with E-state index >= 15 is 0 Å². The molecule has 0 spiro atoms. The number of thiazole rings is 1. The van der Waals surface area contributed by atoms with Crippen LogP contribution in [0.4, 0.5) is 15.2 Å². The largest absolute Gasteiger partial charge is 0.345 e. The Kier molecular flexibility index (Phi) is 4.81. The van der Waals surface area contributed by atoms with Gasteiger partial charge >= 0.3 is 0 Å². The van der Waals surface area contributed by atoms with Gasteiger partial charge in [0.1, 0.15) is 5.82 Å². The first-order valence-electron chi connectivity index (χ1n) is 8.56. The van der Waals surface area contributed by atoms with E-state index in [2.05, 4.69) is 21.2 Å². The maximum absolute atomic E-state index is 13.6. The van der Waals surface area contributed by atoms with Gasteiger partial charge < -0.3 is 10.2 Å². The number of amides is 1. The molecular weight excluding hydrogens is 351 g/mol. The van der Waals surface area contributed by atoms with E-state index in [1.165, 1.54) is 10.8 Å². The zero-order valence-electron chi connectivity index (χ0n) is 14.2. The van der Waals surface area contributed by atoms with E-state index in [-0.39, 0.29) is 18.1 Å². The van der Waals surface area contributed by atoms with Crippen molar-refractivity contribution >= 4 is 38.3 Å². The minimum Gasteiger partial charge on any atom is -0.345 e. The van der Waals surface area contributed by atoms with Crippen LogP contribution in [0.2, 0.25) is 0 Å². The molecule has 134 valence electrons. The summed E-state index contributed by atoms with van der Waals surface area (Å²) in [5.74, 6) is -0.606. The molecule has 0 radical (unpaired) electrons. The molecule has 1 saturated heterocycles. The lowest BCUT2D eigenvalue weighted by molar-refractivity contribution is -0.117. The number of aromatic nitrogens is 1. The second kappa shape index (κ2) is 7.39. The molecule has 3 aromatic rings. The molecule has 1 amide bonds. The number of nitrogens with one attached hydrogen (secondary N) is 1. The number of halogens is 1. The summed E-state index contributed by atoms with van der Waals surface area (Å²) in [6, 6.07) is 14.3. The van der Waals surface area contributed by atoms with Crippen LogP contribution < -0.4 is 10.2 Å². The Morgan fingerprint density at radius 1 is 1.08 bits per heavy atom. The quantitative estimate of drug-likeness (QED) is 0.766. The fraction of sp³-hybridized carbons (Fsp3) is 0.263. The number of fused-ring (bicyclic) bond motifs is 1. The first-order chi connectivity index (χ1) is 12.7. The minimum atomic E-state index is -0.415. The van der Waals surface area contributed by atoms with Crippen molar-refractivity contribution in [3.05, 3.63) is 54.3 Å². The Labute approximate surface area is 155 Å². The average molecular weight is 370 g/mol. The Hall–Kier alpha value is -2.51. The summed E-state index contributed by atoms with van der Waals surface area (Å²) in [4.78, 5) is 21.2. The maximum atomic E-state index is 13.6. The molecule has 4 rings (SSSR count). The molecule has 0 unspecified atom stereocenters. The second-order valence-corrected chi connectivity index (χ2v) is 7.26. The van der Waals surface area contributed by atoms with Gasteiger partial charge in [-0.15, -0.1) is 0 Å². The lowest BCUT2D eigenvalue weighted by Gasteiger charge is -2.34. The zero-order chi connectivity index (χ0) is 17.9. The third-order valence-electron chi connectivity index (χ3n) is 4.44. The van der Waals surface area contributed by atoms with Crippen molar-refractivity contribution in [3.63, 3.8) is 0 Å².